The van der Waals surface area contributed by atoms with Gasteiger partial charge in [-0.05, 0) is 93.3 Å². The molecule has 5 rings (SSSR count). The van der Waals surface area contributed by atoms with Gasteiger partial charge >= 0.3 is 5.69 Å². The quantitative estimate of drug-likeness (QED) is 0.0747. The predicted octanol–water partition coefficient (Wildman–Crippen LogP) is 6.94. The number of hydrogen-bond acceptors (Lipinski definition) is 6. The molecule has 0 spiro atoms. The molecule has 0 aliphatic carbocycles. The van der Waals surface area contributed by atoms with Crippen LogP contribution < -0.4 is 17.2 Å². The Morgan fingerprint density at radius 1 is 1.29 bits per heavy atom. The van der Waals surface area contributed by atoms with Crippen molar-refractivity contribution >= 4 is 39.6 Å². The van der Waals surface area contributed by atoms with Crippen LogP contribution in [0.15, 0.2) is 66.1 Å². The van der Waals surface area contributed by atoms with E-state index in [0.29, 0.717) is 34.0 Å². The summed E-state index contributed by atoms with van der Waals surface area (Å²) in [6.07, 6.45) is 10.4. The van der Waals surface area contributed by atoms with E-state index in [1.807, 2.05) is 25.1 Å². The van der Waals surface area contributed by atoms with Gasteiger partial charge in [0.2, 0.25) is 0 Å². The minimum absolute atomic E-state index is 0.0560. The molecular weight excluding hydrogens is 609 g/mol. The number of aryl methyl sites for hydroxylation is 1. The number of likely N-dealkylation sites (tertiary alicyclic amines) is 1. The molecule has 6 N–H and O–H groups in total. The summed E-state index contributed by atoms with van der Waals surface area (Å²) in [5, 5.41) is 8.41. The lowest BCUT2D eigenvalue weighted by Crippen LogP contribution is -2.42. The first-order valence-electron chi connectivity index (χ1n) is 15.4. The number of piperidine rings is 1. The molecule has 0 saturated carbocycles. The van der Waals surface area contributed by atoms with E-state index in [-0.39, 0.29) is 22.3 Å². The number of nitrogens with zero attached hydrogens (tertiary/aromatic N) is 3. The van der Waals surface area contributed by atoms with Crippen LogP contribution in [0.3, 0.4) is 0 Å². The van der Waals surface area contributed by atoms with Crippen LogP contribution in [0.25, 0.3) is 28.0 Å². The molecule has 3 atom stereocenters. The molecule has 1 fully saturated rings. The van der Waals surface area contributed by atoms with Crippen molar-refractivity contribution in [1.82, 2.24) is 19.4 Å². The zero-order chi connectivity index (χ0) is 32.1. The molecule has 45 heavy (non-hydrogen) atoms. The first kappa shape index (κ1) is 32.9. The molecule has 1 saturated heterocycles. The Labute approximate surface area is 272 Å². The third-order valence-electron chi connectivity index (χ3n) is 8.50. The number of nitrogens with one attached hydrogen (secondary N) is 2. The van der Waals surface area contributed by atoms with E-state index in [9.17, 15) is 4.79 Å². The summed E-state index contributed by atoms with van der Waals surface area (Å²) >= 11 is 7.66. The maximum absolute atomic E-state index is 15.2. The molecule has 4 aromatic rings. The zero-order valence-electron chi connectivity index (χ0n) is 25.6. The number of aromatic nitrogens is 3. The van der Waals surface area contributed by atoms with Gasteiger partial charge in [-0.2, -0.15) is 4.98 Å². The number of aromatic amines is 1. The van der Waals surface area contributed by atoms with Crippen LogP contribution in [-0.4, -0.2) is 49.0 Å². The number of amidine groups is 1. The van der Waals surface area contributed by atoms with E-state index in [0.717, 1.165) is 62.8 Å². The Bertz CT molecular complexity index is 1720. The molecule has 8 nitrogen and oxygen atoms in total. The van der Waals surface area contributed by atoms with Gasteiger partial charge in [0.15, 0.2) is 11.0 Å². The highest BCUT2D eigenvalue weighted by Gasteiger charge is 2.30. The lowest BCUT2D eigenvalue weighted by atomic mass is 9.89. The van der Waals surface area contributed by atoms with Crippen LogP contribution in [0.1, 0.15) is 62.6 Å². The number of thioether (sulfide) groups is 1. The second kappa shape index (κ2) is 14.8. The molecule has 0 amide bonds. The minimum atomic E-state index is -0.516. The van der Waals surface area contributed by atoms with Gasteiger partial charge in [-0.3, -0.25) is 14.9 Å². The van der Waals surface area contributed by atoms with Gasteiger partial charge in [0.05, 0.1) is 16.4 Å². The molecule has 1 aliphatic rings. The summed E-state index contributed by atoms with van der Waals surface area (Å²) in [5.41, 5.74) is 15.1. The molecule has 11 heteroatoms. The van der Waals surface area contributed by atoms with Crippen LogP contribution >= 0.6 is 23.4 Å². The summed E-state index contributed by atoms with van der Waals surface area (Å²) in [4.78, 5) is 23.0. The smallest absolute Gasteiger partial charge is 0.354 e. The van der Waals surface area contributed by atoms with Crippen molar-refractivity contribution in [2.45, 2.75) is 70.0 Å². The van der Waals surface area contributed by atoms with Crippen molar-refractivity contribution in [3.05, 3.63) is 93.8 Å². The van der Waals surface area contributed by atoms with Crippen LogP contribution in [0.4, 0.5) is 4.39 Å². The first-order chi connectivity index (χ1) is 21.6. The molecule has 3 heterocycles. The lowest BCUT2D eigenvalue weighted by molar-refractivity contribution is 0.0945. The number of benzene rings is 2. The SMILES string of the molecule is C=CCN1[C@H](CCSC(=N)N)CCC[C@H]1c1ccc(-n2cc3cc(-c4cc(CCC[C@H](C)N)cc(Cl)c4F)[nH]c3nc2=O)cc1. The molecule has 0 bridgehead atoms. The fourth-order valence-corrected chi connectivity index (χ4v) is 7.18. The van der Waals surface area contributed by atoms with E-state index < -0.39 is 11.5 Å². The molecular formula is C34H41ClFN7OS. The van der Waals surface area contributed by atoms with Gasteiger partial charge in [0.25, 0.3) is 0 Å². The first-order valence-corrected chi connectivity index (χ1v) is 16.8. The fourth-order valence-electron chi connectivity index (χ4n) is 6.33. The van der Waals surface area contributed by atoms with Gasteiger partial charge in [-0.1, -0.05) is 41.6 Å². The number of rotatable bonds is 12. The highest BCUT2D eigenvalue weighted by molar-refractivity contribution is 8.13. The summed E-state index contributed by atoms with van der Waals surface area (Å²) in [6.45, 7) is 6.73. The summed E-state index contributed by atoms with van der Waals surface area (Å²) < 4.78 is 16.7. The number of hydrogen-bond donors (Lipinski definition) is 4. The largest absolute Gasteiger partial charge is 0.379 e. The highest BCUT2D eigenvalue weighted by Crippen LogP contribution is 2.36. The topological polar surface area (TPSA) is 130 Å². The highest BCUT2D eigenvalue weighted by atomic mass is 35.5. The number of fused-ring (bicyclic) bond motifs is 1. The van der Waals surface area contributed by atoms with E-state index in [1.165, 1.54) is 21.9 Å². The van der Waals surface area contributed by atoms with Crippen molar-refractivity contribution in [3.63, 3.8) is 0 Å². The van der Waals surface area contributed by atoms with Gasteiger partial charge in [0, 0.05) is 47.6 Å². The Kier molecular flexibility index (Phi) is 10.8. The van der Waals surface area contributed by atoms with E-state index in [1.54, 1.807) is 24.4 Å². The van der Waals surface area contributed by atoms with Gasteiger partial charge in [-0.15, -0.1) is 6.58 Å². The fraction of sp³-hybridized carbons (Fsp3) is 0.382. The monoisotopic (exact) mass is 649 g/mol. The second-order valence-electron chi connectivity index (χ2n) is 11.9. The third kappa shape index (κ3) is 7.87. The third-order valence-corrected chi connectivity index (χ3v) is 9.53. The molecule has 238 valence electrons. The van der Waals surface area contributed by atoms with Crippen LogP contribution in [0.5, 0.6) is 0 Å². The van der Waals surface area contributed by atoms with Gasteiger partial charge in [0.1, 0.15) is 5.65 Å². The lowest BCUT2D eigenvalue weighted by Gasteiger charge is -2.42. The normalized spacial score (nSPS) is 17.9. The molecule has 0 unspecified atom stereocenters. The summed E-state index contributed by atoms with van der Waals surface area (Å²) in [5.74, 6) is 0.302. The Hall–Kier alpha value is -3.44. The Balaban J connectivity index is 1.39. The van der Waals surface area contributed by atoms with E-state index >= 15 is 4.39 Å². The van der Waals surface area contributed by atoms with Crippen molar-refractivity contribution in [2.75, 3.05) is 12.3 Å². The van der Waals surface area contributed by atoms with Gasteiger partial charge in [-0.25, -0.2) is 9.18 Å². The van der Waals surface area contributed by atoms with Crippen LogP contribution in [0.2, 0.25) is 5.02 Å². The molecule has 1 aliphatic heterocycles. The second-order valence-corrected chi connectivity index (χ2v) is 13.4. The molecule has 2 aromatic carbocycles. The van der Waals surface area contributed by atoms with E-state index in [4.69, 9.17) is 28.5 Å². The number of H-pyrrole nitrogens is 1. The molecule has 0 radical (unpaired) electrons. The number of nitrogens with two attached hydrogens (primary N) is 2. The Morgan fingerprint density at radius 3 is 2.78 bits per heavy atom. The maximum atomic E-state index is 15.2. The molecule has 2 aromatic heterocycles. The summed E-state index contributed by atoms with van der Waals surface area (Å²) in [7, 11) is 0. The van der Waals surface area contributed by atoms with Crippen molar-refractivity contribution in [1.29, 1.82) is 5.41 Å². The van der Waals surface area contributed by atoms with Crippen LogP contribution in [0, 0.1) is 11.2 Å². The van der Waals surface area contributed by atoms with Crippen molar-refractivity contribution in [2.24, 2.45) is 11.5 Å². The average Bonchev–Trinajstić information content (AvgIpc) is 3.41. The average molecular weight is 650 g/mol. The zero-order valence-corrected chi connectivity index (χ0v) is 27.1. The summed E-state index contributed by atoms with van der Waals surface area (Å²) in [6, 6.07) is 14.0. The standard InChI is InChI=1S/C34H41ClFN7OS/c1-3-15-42-25(14-16-45-33(38)39)8-5-9-30(42)23-10-12-26(13-11-23)43-20-24-19-29(40-32(24)41-34(43)44)27-17-22(7-4-6-21(2)37)18-28(35)31(27)36/h3,10-13,17-21,25,30H,1,4-9,14-16,37H2,2H3,(H3,38,39)(H,40,41,44)/t21-,25-,30-/m0/s1. The maximum Gasteiger partial charge on any atom is 0.354 e. The Morgan fingerprint density at radius 2 is 2.07 bits per heavy atom. The van der Waals surface area contributed by atoms with Crippen molar-refractivity contribution in [3.8, 4) is 16.9 Å². The minimum Gasteiger partial charge on any atom is -0.379 e. The van der Waals surface area contributed by atoms with Crippen molar-refractivity contribution < 1.29 is 4.39 Å². The van der Waals surface area contributed by atoms with E-state index in [2.05, 4.69) is 33.6 Å². The van der Waals surface area contributed by atoms with Crippen LogP contribution in [-0.2, 0) is 6.42 Å². The number of halogens is 2. The predicted molar refractivity (Wildman–Crippen MR) is 185 cm³/mol. The van der Waals surface area contributed by atoms with Gasteiger partial charge < -0.3 is 16.5 Å².